The summed E-state index contributed by atoms with van der Waals surface area (Å²) in [7, 11) is 1.70. The van der Waals surface area contributed by atoms with Crippen molar-refractivity contribution < 1.29 is 9.30 Å². The number of aryl methyl sites for hydroxylation is 1. The first-order chi connectivity index (χ1) is 11.8. The maximum atomic E-state index is 5.29. The highest BCUT2D eigenvalue weighted by molar-refractivity contribution is 9.10. The molecule has 1 aliphatic rings. The molecule has 0 spiro atoms. The molecule has 0 bridgehead atoms. The van der Waals surface area contributed by atoms with Gasteiger partial charge in [0.15, 0.2) is 5.69 Å². The molecule has 3 nitrogen and oxygen atoms in total. The highest BCUT2D eigenvalue weighted by Crippen LogP contribution is 2.32. The van der Waals surface area contributed by atoms with Gasteiger partial charge in [0.1, 0.15) is 17.6 Å². The van der Waals surface area contributed by atoms with Gasteiger partial charge in [-0.1, -0.05) is 15.9 Å². The maximum absolute atomic E-state index is 5.29. The average molecular weight is 402 g/mol. The molecule has 0 aliphatic carbocycles. The van der Waals surface area contributed by atoms with Gasteiger partial charge in [-0.25, -0.2) is 4.57 Å². The van der Waals surface area contributed by atoms with Gasteiger partial charge < -0.3 is 4.74 Å². The molecule has 0 radical (unpaired) electrons. The molecular weight excluding hydrogens is 384 g/mol. The lowest BCUT2D eigenvalue weighted by Crippen LogP contribution is -2.37. The largest absolute Gasteiger partial charge is 0.497 e. The summed E-state index contributed by atoms with van der Waals surface area (Å²) in [4.78, 5) is 0. The SMILES string of the molecule is COc1ccc(-c2c[n+]3c(n2-c2ccc(Br)cc2)SCCC3)cc1. The Morgan fingerprint density at radius 1 is 1.08 bits per heavy atom. The Bertz CT molecular complexity index is 856. The number of rotatable bonds is 3. The Hall–Kier alpha value is -1.72. The van der Waals surface area contributed by atoms with Crippen molar-refractivity contribution in [3.05, 3.63) is 59.2 Å². The molecule has 2 aromatic carbocycles. The summed E-state index contributed by atoms with van der Waals surface area (Å²) in [5, 5.41) is 1.30. The number of thioether (sulfide) groups is 1. The number of halogens is 1. The highest BCUT2D eigenvalue weighted by atomic mass is 79.9. The van der Waals surface area contributed by atoms with Crippen LogP contribution in [-0.2, 0) is 6.54 Å². The second-order valence-electron chi connectivity index (χ2n) is 5.73. The zero-order valence-corrected chi connectivity index (χ0v) is 15.8. The maximum Gasteiger partial charge on any atom is 0.323 e. The van der Waals surface area contributed by atoms with E-state index in [1.807, 2.05) is 23.9 Å². The van der Waals surface area contributed by atoms with Gasteiger partial charge in [0.05, 0.1) is 13.7 Å². The third-order valence-electron chi connectivity index (χ3n) is 4.20. The molecular formula is C19H18BrN2OS+. The van der Waals surface area contributed by atoms with E-state index in [2.05, 4.69) is 67.7 Å². The summed E-state index contributed by atoms with van der Waals surface area (Å²) in [6.07, 6.45) is 3.49. The van der Waals surface area contributed by atoms with Crippen molar-refractivity contribution in [3.8, 4) is 22.7 Å². The summed E-state index contributed by atoms with van der Waals surface area (Å²) in [6, 6.07) is 16.8. The van der Waals surface area contributed by atoms with Gasteiger partial charge in [-0.2, -0.15) is 4.57 Å². The topological polar surface area (TPSA) is 18.0 Å². The van der Waals surface area contributed by atoms with Crippen LogP contribution in [0.1, 0.15) is 6.42 Å². The van der Waals surface area contributed by atoms with Crippen LogP contribution in [0.5, 0.6) is 5.75 Å². The van der Waals surface area contributed by atoms with Crippen molar-refractivity contribution in [2.75, 3.05) is 12.9 Å². The molecule has 0 saturated heterocycles. The summed E-state index contributed by atoms with van der Waals surface area (Å²) in [6.45, 7) is 1.08. The molecule has 0 amide bonds. The molecule has 2 heterocycles. The van der Waals surface area contributed by atoms with E-state index in [1.54, 1.807) is 7.11 Å². The molecule has 3 aromatic rings. The van der Waals surface area contributed by atoms with Gasteiger partial charge >= 0.3 is 5.16 Å². The Morgan fingerprint density at radius 2 is 1.83 bits per heavy atom. The van der Waals surface area contributed by atoms with Crippen LogP contribution >= 0.6 is 27.7 Å². The van der Waals surface area contributed by atoms with Crippen molar-refractivity contribution >= 4 is 27.7 Å². The predicted molar refractivity (Wildman–Crippen MR) is 101 cm³/mol. The van der Waals surface area contributed by atoms with E-state index in [4.69, 9.17) is 4.74 Å². The smallest absolute Gasteiger partial charge is 0.323 e. The van der Waals surface area contributed by atoms with Crippen molar-refractivity contribution in [3.63, 3.8) is 0 Å². The van der Waals surface area contributed by atoms with Crippen LogP contribution in [0, 0.1) is 0 Å². The number of hydrogen-bond donors (Lipinski definition) is 0. The molecule has 0 atom stereocenters. The monoisotopic (exact) mass is 401 g/mol. The van der Waals surface area contributed by atoms with Crippen molar-refractivity contribution in [1.82, 2.24) is 4.57 Å². The van der Waals surface area contributed by atoms with Gasteiger partial charge in [0, 0.05) is 15.8 Å². The first-order valence-electron chi connectivity index (χ1n) is 7.94. The molecule has 4 rings (SSSR count). The number of methoxy groups -OCH3 is 1. The summed E-state index contributed by atoms with van der Waals surface area (Å²) in [5.41, 5.74) is 3.60. The molecule has 1 aromatic heterocycles. The van der Waals surface area contributed by atoms with Crippen LogP contribution < -0.4 is 9.30 Å². The lowest BCUT2D eigenvalue weighted by molar-refractivity contribution is -0.734. The molecule has 24 heavy (non-hydrogen) atoms. The molecule has 0 fully saturated rings. The lowest BCUT2D eigenvalue weighted by Gasteiger charge is -2.09. The highest BCUT2D eigenvalue weighted by Gasteiger charge is 2.28. The number of benzene rings is 2. The third kappa shape index (κ3) is 2.87. The quantitative estimate of drug-likeness (QED) is 0.592. The van der Waals surface area contributed by atoms with Crippen molar-refractivity contribution in [2.24, 2.45) is 0 Å². The zero-order valence-electron chi connectivity index (χ0n) is 13.4. The first-order valence-corrected chi connectivity index (χ1v) is 9.72. The Balaban J connectivity index is 1.89. The number of ether oxygens (including phenoxy) is 1. The lowest BCUT2D eigenvalue weighted by atomic mass is 10.1. The normalized spacial score (nSPS) is 13.6. The van der Waals surface area contributed by atoms with Gasteiger partial charge in [0.2, 0.25) is 0 Å². The van der Waals surface area contributed by atoms with Gasteiger partial charge in [0.25, 0.3) is 0 Å². The molecule has 0 saturated carbocycles. The molecule has 122 valence electrons. The van der Waals surface area contributed by atoms with Gasteiger partial charge in [-0.15, -0.1) is 0 Å². The van der Waals surface area contributed by atoms with Crippen LogP contribution in [0.25, 0.3) is 16.9 Å². The van der Waals surface area contributed by atoms with Crippen LogP contribution in [0.3, 0.4) is 0 Å². The van der Waals surface area contributed by atoms with Crippen molar-refractivity contribution in [2.45, 2.75) is 18.1 Å². The van der Waals surface area contributed by atoms with Gasteiger partial charge in [-0.3, -0.25) is 0 Å². The van der Waals surface area contributed by atoms with E-state index in [9.17, 15) is 0 Å². The minimum atomic E-state index is 0.882. The molecule has 5 heteroatoms. The molecule has 1 aliphatic heterocycles. The van der Waals surface area contributed by atoms with E-state index >= 15 is 0 Å². The number of aromatic nitrogens is 2. The Labute approximate surface area is 154 Å². The fraction of sp³-hybridized carbons (Fsp3) is 0.211. The van der Waals surface area contributed by atoms with Crippen molar-refractivity contribution in [1.29, 1.82) is 0 Å². The third-order valence-corrected chi connectivity index (χ3v) is 5.90. The van der Waals surface area contributed by atoms with Crippen LogP contribution in [0.4, 0.5) is 0 Å². The fourth-order valence-electron chi connectivity index (χ4n) is 3.00. The van der Waals surface area contributed by atoms with E-state index < -0.39 is 0 Å². The number of imidazole rings is 1. The second-order valence-corrected chi connectivity index (χ2v) is 7.71. The van der Waals surface area contributed by atoms with Gasteiger partial charge in [-0.05, 0) is 66.7 Å². The number of fused-ring (bicyclic) bond motifs is 1. The average Bonchev–Trinajstić information content (AvgIpc) is 3.02. The number of nitrogens with zero attached hydrogens (tertiary/aromatic N) is 2. The van der Waals surface area contributed by atoms with E-state index in [1.165, 1.54) is 34.3 Å². The second kappa shape index (κ2) is 6.65. The fourth-order valence-corrected chi connectivity index (χ4v) is 4.37. The van der Waals surface area contributed by atoms with Crippen LogP contribution in [-0.4, -0.2) is 17.4 Å². The first kappa shape index (κ1) is 15.8. The van der Waals surface area contributed by atoms with E-state index in [-0.39, 0.29) is 0 Å². The minimum absolute atomic E-state index is 0.882. The van der Waals surface area contributed by atoms with E-state index in [0.29, 0.717) is 0 Å². The minimum Gasteiger partial charge on any atom is -0.497 e. The molecule has 0 N–H and O–H groups in total. The Kier molecular flexibility index (Phi) is 4.37. The zero-order chi connectivity index (χ0) is 16.5. The van der Waals surface area contributed by atoms with Crippen LogP contribution in [0.15, 0.2) is 64.4 Å². The summed E-state index contributed by atoms with van der Waals surface area (Å²) >= 11 is 5.46. The number of hydrogen-bond acceptors (Lipinski definition) is 2. The van der Waals surface area contributed by atoms with Crippen LogP contribution in [0.2, 0.25) is 0 Å². The van der Waals surface area contributed by atoms with E-state index in [0.717, 1.165) is 16.8 Å². The summed E-state index contributed by atoms with van der Waals surface area (Å²) < 4.78 is 11.1. The Morgan fingerprint density at radius 3 is 2.54 bits per heavy atom. The summed E-state index contributed by atoms with van der Waals surface area (Å²) in [5.74, 6) is 2.05. The molecule has 0 unspecified atom stereocenters. The predicted octanol–water partition coefficient (Wildman–Crippen LogP) is 4.70. The standard InChI is InChI=1S/C19H18BrN2OS/c1-23-17-9-3-14(4-10-17)18-13-21-11-2-12-24-19(21)22(18)16-7-5-15(20)6-8-16/h3-10,13H,2,11-12H2,1H3/q+1.